The van der Waals surface area contributed by atoms with Crippen LogP contribution >= 0.6 is 0 Å². The van der Waals surface area contributed by atoms with E-state index >= 15 is 0 Å². The molecule has 1 aromatic heterocycles. The Morgan fingerprint density at radius 1 is 0.405 bits per heavy atom. The van der Waals surface area contributed by atoms with Gasteiger partial charge in [0.1, 0.15) is 0 Å². The molecule has 1 heterocycles. The summed E-state index contributed by atoms with van der Waals surface area (Å²) in [5.74, 6) is 0.692. The molecule has 196 valence electrons. The largest absolute Gasteiger partial charge is 0.238 e. The molecule has 3 heteroatoms. The van der Waals surface area contributed by atoms with Crippen molar-refractivity contribution >= 4 is 16.5 Å². The average molecular weight is 536 g/mol. The van der Waals surface area contributed by atoms with Crippen LogP contribution in [0.15, 0.2) is 152 Å². The molecule has 0 aliphatic carbocycles. The molecule has 0 aliphatic heterocycles. The molecule has 0 spiro atoms. The van der Waals surface area contributed by atoms with Gasteiger partial charge in [0, 0.05) is 16.7 Å². The molecule has 0 saturated heterocycles. The standard InChI is InChI=1S/C39H25N3/c1-40-36-19-11-10-18-35(36)34-25-24-31(32-16-8-9-17-33(32)34)27-20-22-30(23-21-27)39-41-37(28-12-4-2-5-13-28)26-38(42-39)29-14-6-3-7-15-29/h2-26H. The lowest BCUT2D eigenvalue weighted by Crippen LogP contribution is -1.96. The van der Waals surface area contributed by atoms with E-state index in [0.29, 0.717) is 11.5 Å². The minimum absolute atomic E-state index is 0.660. The first-order valence-electron chi connectivity index (χ1n) is 13.9. The van der Waals surface area contributed by atoms with Crippen LogP contribution in [0.5, 0.6) is 0 Å². The highest BCUT2D eigenvalue weighted by atomic mass is 14.9. The molecule has 0 N–H and O–H groups in total. The normalized spacial score (nSPS) is 10.8. The van der Waals surface area contributed by atoms with Crippen LogP contribution in [-0.4, -0.2) is 9.97 Å². The van der Waals surface area contributed by atoms with E-state index in [1.807, 2.05) is 60.7 Å². The van der Waals surface area contributed by atoms with Crippen LogP contribution in [0.25, 0.3) is 71.8 Å². The molecule has 0 atom stereocenters. The predicted octanol–water partition coefficient (Wildman–Crippen LogP) is 10.5. The Morgan fingerprint density at radius 2 is 0.905 bits per heavy atom. The number of rotatable bonds is 5. The second-order valence-corrected chi connectivity index (χ2v) is 10.1. The van der Waals surface area contributed by atoms with Crippen LogP contribution < -0.4 is 0 Å². The molecule has 0 aliphatic rings. The number of benzene rings is 6. The molecule has 6 aromatic carbocycles. The van der Waals surface area contributed by atoms with Crippen molar-refractivity contribution in [3.8, 4) is 56.2 Å². The van der Waals surface area contributed by atoms with Crippen molar-refractivity contribution in [1.29, 1.82) is 0 Å². The highest BCUT2D eigenvalue weighted by Crippen LogP contribution is 2.39. The summed E-state index contributed by atoms with van der Waals surface area (Å²) in [6.45, 7) is 7.65. The van der Waals surface area contributed by atoms with Gasteiger partial charge in [-0.1, -0.05) is 146 Å². The number of hydrogen-bond acceptors (Lipinski definition) is 2. The molecule has 7 rings (SSSR count). The zero-order valence-corrected chi connectivity index (χ0v) is 22.8. The van der Waals surface area contributed by atoms with E-state index in [1.165, 1.54) is 0 Å². The average Bonchev–Trinajstić information content (AvgIpc) is 3.08. The fourth-order valence-corrected chi connectivity index (χ4v) is 5.47. The van der Waals surface area contributed by atoms with Gasteiger partial charge in [-0.25, -0.2) is 14.8 Å². The number of hydrogen-bond donors (Lipinski definition) is 0. The molecule has 0 bridgehead atoms. The summed E-state index contributed by atoms with van der Waals surface area (Å²) in [5, 5.41) is 2.28. The van der Waals surface area contributed by atoms with Crippen molar-refractivity contribution in [2.24, 2.45) is 0 Å². The van der Waals surface area contributed by atoms with Crippen LogP contribution in [0.2, 0.25) is 0 Å². The Morgan fingerprint density at radius 3 is 1.52 bits per heavy atom. The molecule has 0 fully saturated rings. The maximum absolute atomic E-state index is 7.65. The van der Waals surface area contributed by atoms with Crippen LogP contribution in [0, 0.1) is 6.57 Å². The summed E-state index contributed by atoms with van der Waals surface area (Å²) >= 11 is 0. The van der Waals surface area contributed by atoms with Crippen LogP contribution in [0.4, 0.5) is 5.69 Å². The van der Waals surface area contributed by atoms with Crippen molar-refractivity contribution in [2.75, 3.05) is 0 Å². The van der Waals surface area contributed by atoms with Gasteiger partial charge >= 0.3 is 0 Å². The van der Waals surface area contributed by atoms with Gasteiger partial charge < -0.3 is 0 Å². The number of fused-ring (bicyclic) bond motifs is 1. The lowest BCUT2D eigenvalue weighted by molar-refractivity contribution is 1.18. The Hall–Kier alpha value is -5.85. The Labute approximate surface area is 245 Å². The lowest BCUT2D eigenvalue weighted by Gasteiger charge is -2.14. The van der Waals surface area contributed by atoms with Gasteiger partial charge in [-0.05, 0) is 39.1 Å². The minimum Gasteiger partial charge on any atom is -0.238 e. The molecule has 0 amide bonds. The van der Waals surface area contributed by atoms with E-state index < -0.39 is 0 Å². The summed E-state index contributed by atoms with van der Waals surface area (Å²) in [5.41, 5.74) is 9.80. The zero-order valence-electron chi connectivity index (χ0n) is 22.8. The zero-order chi connectivity index (χ0) is 28.3. The summed E-state index contributed by atoms with van der Waals surface area (Å²) < 4.78 is 0. The third-order valence-electron chi connectivity index (χ3n) is 7.56. The maximum Gasteiger partial charge on any atom is 0.194 e. The van der Waals surface area contributed by atoms with Crippen molar-refractivity contribution in [1.82, 2.24) is 9.97 Å². The van der Waals surface area contributed by atoms with Crippen molar-refractivity contribution < 1.29 is 0 Å². The van der Waals surface area contributed by atoms with E-state index in [1.54, 1.807) is 0 Å². The van der Waals surface area contributed by atoms with Crippen molar-refractivity contribution in [2.45, 2.75) is 0 Å². The highest BCUT2D eigenvalue weighted by molar-refractivity contribution is 6.06. The molecule has 0 unspecified atom stereocenters. The molecular weight excluding hydrogens is 510 g/mol. The predicted molar refractivity (Wildman–Crippen MR) is 173 cm³/mol. The van der Waals surface area contributed by atoms with Crippen molar-refractivity contribution in [3.05, 3.63) is 163 Å². The fraction of sp³-hybridized carbons (Fsp3) is 0. The summed E-state index contributed by atoms with van der Waals surface area (Å²) in [4.78, 5) is 13.7. The molecule has 0 radical (unpaired) electrons. The number of para-hydroxylation sites is 1. The maximum atomic E-state index is 7.65. The van der Waals surface area contributed by atoms with Gasteiger partial charge in [-0.3, -0.25) is 0 Å². The van der Waals surface area contributed by atoms with Gasteiger partial charge in [0.05, 0.1) is 18.0 Å². The Bertz CT molecular complexity index is 2020. The van der Waals surface area contributed by atoms with Crippen LogP contribution in [-0.2, 0) is 0 Å². The van der Waals surface area contributed by atoms with Gasteiger partial charge in [-0.2, -0.15) is 0 Å². The van der Waals surface area contributed by atoms with Crippen LogP contribution in [0.1, 0.15) is 0 Å². The first-order valence-corrected chi connectivity index (χ1v) is 13.9. The number of aromatic nitrogens is 2. The number of nitrogens with zero attached hydrogens (tertiary/aromatic N) is 3. The Balaban J connectivity index is 1.31. The van der Waals surface area contributed by atoms with Gasteiger partial charge in [-0.15, -0.1) is 0 Å². The minimum atomic E-state index is 0.660. The fourth-order valence-electron chi connectivity index (χ4n) is 5.47. The third kappa shape index (κ3) is 4.72. The Kier molecular flexibility index (Phi) is 6.56. The SMILES string of the molecule is [C-]#[N+]c1ccccc1-c1ccc(-c2ccc(-c3nc(-c4ccccc4)cc(-c4ccccc4)n3)cc2)c2ccccc12. The van der Waals surface area contributed by atoms with E-state index in [9.17, 15) is 0 Å². The summed E-state index contributed by atoms with van der Waals surface area (Å²) in [6.07, 6.45) is 0. The molecule has 42 heavy (non-hydrogen) atoms. The quantitative estimate of drug-likeness (QED) is 0.205. The smallest absolute Gasteiger partial charge is 0.194 e. The first-order chi connectivity index (χ1) is 20.8. The lowest BCUT2D eigenvalue weighted by atomic mass is 9.91. The van der Waals surface area contributed by atoms with Crippen molar-refractivity contribution in [3.63, 3.8) is 0 Å². The van der Waals surface area contributed by atoms with Crippen LogP contribution in [0.3, 0.4) is 0 Å². The van der Waals surface area contributed by atoms with Gasteiger partial charge in [0.15, 0.2) is 11.5 Å². The van der Waals surface area contributed by atoms with Gasteiger partial charge in [0.25, 0.3) is 0 Å². The molecule has 7 aromatic rings. The second kappa shape index (κ2) is 11.0. The highest BCUT2D eigenvalue weighted by Gasteiger charge is 2.14. The summed E-state index contributed by atoms with van der Waals surface area (Å²) in [7, 11) is 0. The third-order valence-corrected chi connectivity index (χ3v) is 7.56. The van der Waals surface area contributed by atoms with E-state index in [0.717, 1.165) is 61.1 Å². The van der Waals surface area contributed by atoms with Gasteiger partial charge in [0.2, 0.25) is 0 Å². The van der Waals surface area contributed by atoms with E-state index in [-0.39, 0.29) is 0 Å². The first kappa shape index (κ1) is 25.1. The molecule has 0 saturated carbocycles. The van der Waals surface area contributed by atoms with E-state index in [2.05, 4.69) is 95.8 Å². The molecular formula is C39H25N3. The molecule has 3 nitrogen and oxygen atoms in total. The monoisotopic (exact) mass is 535 g/mol. The van der Waals surface area contributed by atoms with E-state index in [4.69, 9.17) is 16.5 Å². The summed E-state index contributed by atoms with van der Waals surface area (Å²) in [6, 6.07) is 51.5. The topological polar surface area (TPSA) is 30.1 Å². The second-order valence-electron chi connectivity index (χ2n) is 10.1.